The fourth-order valence-electron chi connectivity index (χ4n) is 3.18. The van der Waals surface area contributed by atoms with E-state index in [0.29, 0.717) is 16.1 Å². The number of fused-ring (bicyclic) bond motifs is 1. The van der Waals surface area contributed by atoms with Crippen LogP contribution in [0.3, 0.4) is 0 Å². The van der Waals surface area contributed by atoms with Crippen LogP contribution in [-0.2, 0) is 12.4 Å². The van der Waals surface area contributed by atoms with Gasteiger partial charge < -0.3 is 5.32 Å². The number of anilines is 1. The maximum atomic E-state index is 13.7. The number of hydrogen-bond donors (Lipinski definition) is 1. The first-order valence-corrected chi connectivity index (χ1v) is 9.93. The summed E-state index contributed by atoms with van der Waals surface area (Å²) in [6, 6.07) is 9.64. The first kappa shape index (κ1) is 23.6. The zero-order valence-electron chi connectivity index (χ0n) is 17.1. The Morgan fingerprint density at radius 1 is 0.971 bits per heavy atom. The van der Waals surface area contributed by atoms with Crippen LogP contribution in [0.4, 0.5) is 32.0 Å². The number of nitrogens with one attached hydrogen (secondary N) is 1. The standard InChI is InChI=1S/C22H13ClF6N4O/c1-11-2-4-12(5-3-11)16-9-18(22(27,28)29)33-19(31-16)14(10-30-33)20(34)32-17-8-13(21(24,25)26)6-7-15(17)23/h2-10H,1H3,(H,32,34). The smallest absolute Gasteiger partial charge is 0.320 e. The van der Waals surface area contributed by atoms with Gasteiger partial charge in [-0.15, -0.1) is 0 Å². The van der Waals surface area contributed by atoms with E-state index in [1.54, 1.807) is 31.2 Å². The molecule has 176 valence electrons. The van der Waals surface area contributed by atoms with Gasteiger partial charge in [0, 0.05) is 5.56 Å². The van der Waals surface area contributed by atoms with Gasteiger partial charge in [0.05, 0.1) is 28.2 Å². The van der Waals surface area contributed by atoms with E-state index in [1.807, 2.05) is 0 Å². The molecule has 2 heterocycles. The van der Waals surface area contributed by atoms with Crippen molar-refractivity contribution in [3.63, 3.8) is 0 Å². The third kappa shape index (κ3) is 4.56. The van der Waals surface area contributed by atoms with Crippen molar-refractivity contribution in [2.24, 2.45) is 0 Å². The van der Waals surface area contributed by atoms with Crippen molar-refractivity contribution < 1.29 is 31.1 Å². The van der Waals surface area contributed by atoms with E-state index in [2.05, 4.69) is 15.4 Å². The Bertz CT molecular complexity index is 1390. The normalized spacial score (nSPS) is 12.2. The minimum Gasteiger partial charge on any atom is -0.320 e. The van der Waals surface area contributed by atoms with Crippen molar-refractivity contribution in [1.82, 2.24) is 14.6 Å². The highest BCUT2D eigenvalue weighted by atomic mass is 35.5. The third-order valence-corrected chi connectivity index (χ3v) is 5.23. The van der Waals surface area contributed by atoms with Gasteiger partial charge in [-0.1, -0.05) is 41.4 Å². The van der Waals surface area contributed by atoms with Crippen molar-refractivity contribution in [3.05, 3.63) is 82.1 Å². The second kappa shape index (κ2) is 8.32. The molecule has 0 aliphatic carbocycles. The lowest BCUT2D eigenvalue weighted by Gasteiger charge is -2.13. The molecular formula is C22H13ClF6N4O. The second-order valence-electron chi connectivity index (χ2n) is 7.33. The Hall–Kier alpha value is -3.60. The fraction of sp³-hybridized carbons (Fsp3) is 0.136. The molecule has 0 fully saturated rings. The summed E-state index contributed by atoms with van der Waals surface area (Å²) >= 11 is 5.91. The molecule has 5 nitrogen and oxygen atoms in total. The average molecular weight is 499 g/mol. The zero-order valence-corrected chi connectivity index (χ0v) is 17.8. The van der Waals surface area contributed by atoms with E-state index in [1.165, 1.54) is 0 Å². The highest BCUT2D eigenvalue weighted by Gasteiger charge is 2.36. The van der Waals surface area contributed by atoms with E-state index in [9.17, 15) is 31.1 Å². The topological polar surface area (TPSA) is 59.3 Å². The van der Waals surface area contributed by atoms with Crippen LogP contribution in [0.2, 0.25) is 5.02 Å². The molecule has 0 saturated heterocycles. The van der Waals surface area contributed by atoms with Gasteiger partial charge in [0.15, 0.2) is 11.3 Å². The largest absolute Gasteiger partial charge is 0.433 e. The predicted molar refractivity (Wildman–Crippen MR) is 113 cm³/mol. The van der Waals surface area contributed by atoms with E-state index in [4.69, 9.17) is 11.6 Å². The van der Waals surface area contributed by atoms with Gasteiger partial charge in [-0.3, -0.25) is 4.79 Å². The maximum Gasteiger partial charge on any atom is 0.433 e. The van der Waals surface area contributed by atoms with Crippen LogP contribution in [0.1, 0.15) is 27.2 Å². The van der Waals surface area contributed by atoms with E-state index in [-0.39, 0.29) is 22.0 Å². The summed E-state index contributed by atoms with van der Waals surface area (Å²) in [5, 5.41) is 5.64. The lowest BCUT2D eigenvalue weighted by Crippen LogP contribution is -2.16. The summed E-state index contributed by atoms with van der Waals surface area (Å²) in [6.45, 7) is 1.81. The molecule has 0 aliphatic rings. The average Bonchev–Trinajstić information content (AvgIpc) is 3.17. The van der Waals surface area contributed by atoms with Crippen LogP contribution >= 0.6 is 11.6 Å². The van der Waals surface area contributed by atoms with Crippen LogP contribution in [0.15, 0.2) is 54.7 Å². The molecular weight excluding hydrogens is 486 g/mol. The minimum absolute atomic E-state index is 0.0634. The summed E-state index contributed by atoms with van der Waals surface area (Å²) in [4.78, 5) is 17.0. The Morgan fingerprint density at radius 3 is 2.26 bits per heavy atom. The Labute approximate surface area is 193 Å². The Balaban J connectivity index is 1.81. The molecule has 2 aromatic carbocycles. The molecule has 4 aromatic rings. The van der Waals surface area contributed by atoms with Crippen molar-refractivity contribution in [2.75, 3.05) is 5.32 Å². The highest BCUT2D eigenvalue weighted by molar-refractivity contribution is 6.34. The van der Waals surface area contributed by atoms with E-state index in [0.717, 1.165) is 30.0 Å². The van der Waals surface area contributed by atoms with Crippen LogP contribution in [0, 0.1) is 6.92 Å². The zero-order chi connectivity index (χ0) is 24.8. The summed E-state index contributed by atoms with van der Waals surface area (Å²) < 4.78 is 80.7. The molecule has 0 saturated carbocycles. The predicted octanol–water partition coefficient (Wildman–Crippen LogP) is 6.65. The lowest BCUT2D eigenvalue weighted by molar-refractivity contribution is -0.142. The number of carbonyl (C=O) groups is 1. The van der Waals surface area contributed by atoms with Gasteiger partial charge >= 0.3 is 12.4 Å². The summed E-state index contributed by atoms with van der Waals surface area (Å²) in [5.41, 5.74) is -2.23. The van der Waals surface area contributed by atoms with Gasteiger partial charge in [0.25, 0.3) is 5.91 Å². The number of carbonyl (C=O) groups excluding carboxylic acids is 1. The van der Waals surface area contributed by atoms with Crippen LogP contribution in [0.5, 0.6) is 0 Å². The first-order valence-electron chi connectivity index (χ1n) is 9.56. The molecule has 0 spiro atoms. The maximum absolute atomic E-state index is 13.7. The van der Waals surface area contributed by atoms with Crippen LogP contribution < -0.4 is 5.32 Å². The highest BCUT2D eigenvalue weighted by Crippen LogP contribution is 2.35. The summed E-state index contributed by atoms with van der Waals surface area (Å²) in [6.07, 6.45) is -8.67. The molecule has 0 radical (unpaired) electrons. The van der Waals surface area contributed by atoms with Crippen molar-refractivity contribution in [1.29, 1.82) is 0 Å². The quantitative estimate of drug-likeness (QED) is 0.322. The van der Waals surface area contributed by atoms with Gasteiger partial charge in [0.1, 0.15) is 5.56 Å². The van der Waals surface area contributed by atoms with E-state index < -0.39 is 35.2 Å². The number of hydrogen-bond acceptors (Lipinski definition) is 3. The Morgan fingerprint density at radius 2 is 1.65 bits per heavy atom. The fourth-order valence-corrected chi connectivity index (χ4v) is 3.35. The minimum atomic E-state index is -4.83. The molecule has 12 heteroatoms. The molecule has 2 aromatic heterocycles. The van der Waals surface area contributed by atoms with Gasteiger partial charge in [-0.05, 0) is 31.2 Å². The van der Waals surface area contributed by atoms with E-state index >= 15 is 0 Å². The molecule has 0 atom stereocenters. The number of rotatable bonds is 3. The number of nitrogens with zero attached hydrogens (tertiary/aromatic N) is 3. The molecule has 0 unspecified atom stereocenters. The molecule has 0 aliphatic heterocycles. The molecule has 4 rings (SSSR count). The van der Waals surface area contributed by atoms with Crippen molar-refractivity contribution >= 4 is 28.8 Å². The van der Waals surface area contributed by atoms with Crippen LogP contribution in [0.25, 0.3) is 16.9 Å². The van der Waals surface area contributed by atoms with Gasteiger partial charge in [-0.25, -0.2) is 9.50 Å². The third-order valence-electron chi connectivity index (χ3n) is 4.90. The van der Waals surface area contributed by atoms with Crippen LogP contribution in [-0.4, -0.2) is 20.5 Å². The monoisotopic (exact) mass is 498 g/mol. The van der Waals surface area contributed by atoms with Gasteiger partial charge in [-0.2, -0.15) is 31.4 Å². The molecule has 0 bridgehead atoms. The number of amides is 1. The summed E-state index contributed by atoms with van der Waals surface area (Å²) in [7, 11) is 0. The molecule has 1 amide bonds. The second-order valence-corrected chi connectivity index (χ2v) is 7.74. The lowest BCUT2D eigenvalue weighted by atomic mass is 10.1. The number of aryl methyl sites for hydroxylation is 1. The molecule has 34 heavy (non-hydrogen) atoms. The number of benzene rings is 2. The van der Waals surface area contributed by atoms with Gasteiger partial charge in [0.2, 0.25) is 0 Å². The first-order chi connectivity index (χ1) is 15.8. The number of halogens is 7. The van der Waals surface area contributed by atoms with Crippen molar-refractivity contribution in [2.45, 2.75) is 19.3 Å². The molecule has 1 N–H and O–H groups in total. The number of aromatic nitrogens is 3. The summed E-state index contributed by atoms with van der Waals surface area (Å²) in [5.74, 6) is -1.03. The number of alkyl halides is 6. The van der Waals surface area contributed by atoms with Crippen molar-refractivity contribution in [3.8, 4) is 11.3 Å². The SMILES string of the molecule is Cc1ccc(-c2cc(C(F)(F)F)n3ncc(C(=O)Nc4cc(C(F)(F)F)ccc4Cl)c3n2)cc1. The Kier molecular flexibility index (Phi) is 5.76.